The third-order valence-electron chi connectivity index (χ3n) is 3.84. The lowest BCUT2D eigenvalue weighted by Crippen LogP contribution is -2.30. The molecule has 1 N–H and O–H groups in total. The van der Waals surface area contributed by atoms with E-state index in [0.29, 0.717) is 25.3 Å². The first kappa shape index (κ1) is 15.1. The molecule has 6 heteroatoms. The molecule has 20 heavy (non-hydrogen) atoms. The van der Waals surface area contributed by atoms with Crippen LogP contribution in [0, 0.1) is 25.7 Å². The van der Waals surface area contributed by atoms with E-state index in [1.165, 1.54) is 0 Å². The van der Waals surface area contributed by atoms with Gasteiger partial charge in [0, 0.05) is 17.9 Å². The third kappa shape index (κ3) is 4.08. The number of aryl methyl sites for hydroxylation is 2. The van der Waals surface area contributed by atoms with Gasteiger partial charge in [-0.05, 0) is 51.5 Å². The largest absolute Gasteiger partial charge is 0.391 e. The van der Waals surface area contributed by atoms with Gasteiger partial charge in [-0.15, -0.1) is 0 Å². The van der Waals surface area contributed by atoms with Crippen molar-refractivity contribution < 1.29 is 13.2 Å². The second kappa shape index (κ2) is 5.97. The fourth-order valence-corrected chi connectivity index (χ4v) is 2.73. The average Bonchev–Trinajstić information content (AvgIpc) is 2.35. The van der Waals surface area contributed by atoms with Crippen LogP contribution in [0.4, 0.5) is 19.1 Å². The van der Waals surface area contributed by atoms with Gasteiger partial charge in [-0.3, -0.25) is 0 Å². The van der Waals surface area contributed by atoms with E-state index in [2.05, 4.69) is 15.3 Å². The number of hydrogen-bond acceptors (Lipinski definition) is 3. The Balaban J connectivity index is 1.81. The molecule has 1 aliphatic carbocycles. The van der Waals surface area contributed by atoms with Crippen molar-refractivity contribution in [2.75, 3.05) is 11.9 Å². The topological polar surface area (TPSA) is 37.8 Å². The lowest BCUT2D eigenvalue weighted by atomic mass is 9.81. The molecule has 0 atom stereocenters. The molecule has 0 bridgehead atoms. The summed E-state index contributed by atoms with van der Waals surface area (Å²) in [6.07, 6.45) is -2.33. The van der Waals surface area contributed by atoms with Crippen molar-refractivity contribution >= 4 is 5.95 Å². The minimum absolute atomic E-state index is 0.240. The minimum Gasteiger partial charge on any atom is -0.354 e. The first-order valence-electron chi connectivity index (χ1n) is 6.97. The Labute approximate surface area is 117 Å². The number of anilines is 1. The second-order valence-corrected chi connectivity index (χ2v) is 5.61. The third-order valence-corrected chi connectivity index (χ3v) is 3.84. The van der Waals surface area contributed by atoms with E-state index in [4.69, 9.17) is 0 Å². The van der Waals surface area contributed by atoms with E-state index in [1.54, 1.807) is 0 Å². The Morgan fingerprint density at radius 3 is 2.15 bits per heavy atom. The first-order valence-corrected chi connectivity index (χ1v) is 6.97. The Morgan fingerprint density at radius 2 is 1.65 bits per heavy atom. The molecular weight excluding hydrogens is 267 g/mol. The highest BCUT2D eigenvalue weighted by Gasteiger charge is 2.41. The molecule has 1 fully saturated rings. The first-order chi connectivity index (χ1) is 9.34. The van der Waals surface area contributed by atoms with E-state index in [1.807, 2.05) is 19.9 Å². The van der Waals surface area contributed by atoms with Gasteiger partial charge < -0.3 is 5.32 Å². The molecule has 1 heterocycles. The zero-order valence-corrected chi connectivity index (χ0v) is 11.8. The lowest BCUT2D eigenvalue weighted by molar-refractivity contribution is -0.183. The van der Waals surface area contributed by atoms with Gasteiger partial charge in [-0.2, -0.15) is 13.2 Å². The number of hydrogen-bond donors (Lipinski definition) is 1. The maximum Gasteiger partial charge on any atom is 0.391 e. The van der Waals surface area contributed by atoms with E-state index in [9.17, 15) is 13.2 Å². The van der Waals surface area contributed by atoms with Gasteiger partial charge in [-0.25, -0.2) is 9.97 Å². The molecule has 1 aromatic rings. The Morgan fingerprint density at radius 1 is 1.10 bits per heavy atom. The molecule has 112 valence electrons. The van der Waals surface area contributed by atoms with Crippen molar-refractivity contribution in [2.24, 2.45) is 11.8 Å². The monoisotopic (exact) mass is 287 g/mol. The van der Waals surface area contributed by atoms with Crippen LogP contribution >= 0.6 is 0 Å². The average molecular weight is 287 g/mol. The SMILES string of the molecule is Cc1cc(C)nc(NCC2CCC(C(F)(F)F)CC2)n1. The normalized spacial score (nSPS) is 23.6. The van der Waals surface area contributed by atoms with Crippen LogP contribution < -0.4 is 5.32 Å². The molecule has 1 aromatic heterocycles. The van der Waals surface area contributed by atoms with Crippen molar-refractivity contribution in [1.29, 1.82) is 0 Å². The fourth-order valence-electron chi connectivity index (χ4n) is 2.73. The molecule has 3 nitrogen and oxygen atoms in total. The van der Waals surface area contributed by atoms with E-state index < -0.39 is 12.1 Å². The van der Waals surface area contributed by atoms with Gasteiger partial charge in [0.05, 0.1) is 5.92 Å². The van der Waals surface area contributed by atoms with Gasteiger partial charge in [0.2, 0.25) is 5.95 Å². The Hall–Kier alpha value is -1.33. The van der Waals surface area contributed by atoms with Crippen molar-refractivity contribution in [3.05, 3.63) is 17.5 Å². The fraction of sp³-hybridized carbons (Fsp3) is 0.714. The van der Waals surface area contributed by atoms with E-state index >= 15 is 0 Å². The summed E-state index contributed by atoms with van der Waals surface area (Å²) in [6, 6.07) is 1.89. The number of rotatable bonds is 3. The van der Waals surface area contributed by atoms with E-state index in [0.717, 1.165) is 11.4 Å². The molecule has 0 aliphatic heterocycles. The highest BCUT2D eigenvalue weighted by Crippen LogP contribution is 2.39. The second-order valence-electron chi connectivity index (χ2n) is 5.61. The number of nitrogens with zero attached hydrogens (tertiary/aromatic N) is 2. The Kier molecular flexibility index (Phi) is 4.50. The highest BCUT2D eigenvalue weighted by atomic mass is 19.4. The van der Waals surface area contributed by atoms with Crippen LogP contribution in [0.2, 0.25) is 0 Å². The molecule has 0 unspecified atom stereocenters. The zero-order valence-electron chi connectivity index (χ0n) is 11.8. The number of nitrogens with one attached hydrogen (secondary N) is 1. The summed E-state index contributed by atoms with van der Waals surface area (Å²) in [4.78, 5) is 8.54. The van der Waals surface area contributed by atoms with E-state index in [-0.39, 0.29) is 18.8 Å². The quantitative estimate of drug-likeness (QED) is 0.917. The smallest absolute Gasteiger partial charge is 0.354 e. The number of aromatic nitrogens is 2. The predicted octanol–water partition coefficient (Wildman–Crippen LogP) is 3.87. The summed E-state index contributed by atoms with van der Waals surface area (Å²) in [5, 5.41) is 3.15. The maximum absolute atomic E-state index is 12.6. The molecule has 1 aliphatic rings. The summed E-state index contributed by atoms with van der Waals surface area (Å²) in [5.74, 6) is -0.269. The summed E-state index contributed by atoms with van der Waals surface area (Å²) in [7, 11) is 0. The number of halogens is 3. The molecule has 0 saturated heterocycles. The van der Waals surface area contributed by atoms with Crippen LogP contribution in [0.15, 0.2) is 6.07 Å². The Bertz CT molecular complexity index is 431. The van der Waals surface area contributed by atoms with Crippen molar-refractivity contribution in [3.63, 3.8) is 0 Å². The van der Waals surface area contributed by atoms with Gasteiger partial charge >= 0.3 is 6.18 Å². The van der Waals surface area contributed by atoms with Crippen molar-refractivity contribution in [1.82, 2.24) is 9.97 Å². The van der Waals surface area contributed by atoms with Crippen LogP contribution in [0.25, 0.3) is 0 Å². The zero-order chi connectivity index (χ0) is 14.8. The molecule has 0 amide bonds. The van der Waals surface area contributed by atoms with Gasteiger partial charge in [0.1, 0.15) is 0 Å². The van der Waals surface area contributed by atoms with Crippen LogP contribution in [0.5, 0.6) is 0 Å². The van der Waals surface area contributed by atoms with Gasteiger partial charge in [0.25, 0.3) is 0 Å². The van der Waals surface area contributed by atoms with Gasteiger partial charge in [0.15, 0.2) is 0 Å². The van der Waals surface area contributed by atoms with Crippen LogP contribution in [0.1, 0.15) is 37.1 Å². The van der Waals surface area contributed by atoms with Crippen molar-refractivity contribution in [3.8, 4) is 0 Å². The maximum atomic E-state index is 12.6. The standard InChI is InChI=1S/C14H20F3N3/c1-9-7-10(2)20-13(19-9)18-8-11-3-5-12(6-4-11)14(15,16)17/h7,11-12H,3-6,8H2,1-2H3,(H,18,19,20). The van der Waals surface area contributed by atoms with Crippen LogP contribution in [-0.4, -0.2) is 22.7 Å². The minimum atomic E-state index is -4.03. The number of alkyl halides is 3. The molecule has 1 saturated carbocycles. The molecule has 0 spiro atoms. The summed E-state index contributed by atoms with van der Waals surface area (Å²) in [5.41, 5.74) is 1.78. The van der Waals surface area contributed by atoms with Gasteiger partial charge in [-0.1, -0.05) is 0 Å². The van der Waals surface area contributed by atoms with Crippen LogP contribution in [-0.2, 0) is 0 Å². The molecule has 0 aromatic carbocycles. The summed E-state index contributed by atoms with van der Waals surface area (Å²) in [6.45, 7) is 4.44. The summed E-state index contributed by atoms with van der Waals surface area (Å²) >= 11 is 0. The molecular formula is C14H20F3N3. The van der Waals surface area contributed by atoms with Crippen molar-refractivity contribution in [2.45, 2.75) is 45.7 Å². The molecule has 0 radical (unpaired) electrons. The predicted molar refractivity (Wildman–Crippen MR) is 71.5 cm³/mol. The molecule has 2 rings (SSSR count). The lowest BCUT2D eigenvalue weighted by Gasteiger charge is -2.29. The highest BCUT2D eigenvalue weighted by molar-refractivity contribution is 5.27. The van der Waals surface area contributed by atoms with Crippen LogP contribution in [0.3, 0.4) is 0 Å². The summed E-state index contributed by atoms with van der Waals surface area (Å²) < 4.78 is 37.7.